The first kappa shape index (κ1) is 22.9. The van der Waals surface area contributed by atoms with Gasteiger partial charge in [-0.2, -0.15) is 0 Å². The lowest BCUT2D eigenvalue weighted by Gasteiger charge is -2.09. The van der Waals surface area contributed by atoms with Gasteiger partial charge in [0.15, 0.2) is 11.9 Å². The zero-order valence-corrected chi connectivity index (χ0v) is 19.0. The van der Waals surface area contributed by atoms with E-state index in [-0.39, 0.29) is 17.3 Å². The Morgan fingerprint density at radius 2 is 1.36 bits per heavy atom. The van der Waals surface area contributed by atoms with E-state index in [1.807, 2.05) is 66.7 Å². The number of fused-ring (bicyclic) bond motifs is 4. The molecule has 0 aromatic heterocycles. The first-order valence-electron chi connectivity index (χ1n) is 11.2. The Morgan fingerprint density at radius 1 is 0.750 bits per heavy atom. The van der Waals surface area contributed by atoms with Crippen LogP contribution in [-0.2, 0) is 4.79 Å². The van der Waals surface area contributed by atoms with Crippen molar-refractivity contribution in [3.05, 3.63) is 125 Å². The predicted octanol–water partition coefficient (Wildman–Crippen LogP) is 4.36. The quantitative estimate of drug-likeness (QED) is 0.350. The molecular formula is C29H21N3O4. The number of nitrogens with two attached hydrogens (primary N) is 1. The Kier molecular flexibility index (Phi) is 5.98. The summed E-state index contributed by atoms with van der Waals surface area (Å²) in [4.78, 5) is 39.4. The molecule has 4 aromatic rings. The SMILES string of the molecule is NC1N=C(c2ccccc2)c2ccccc2NC1=O.O=C(O)c1cccc2c1C(=O)c1ccccc1-2. The van der Waals surface area contributed by atoms with Gasteiger partial charge in [-0.15, -0.1) is 0 Å². The summed E-state index contributed by atoms with van der Waals surface area (Å²) >= 11 is 0. The average Bonchev–Trinajstić information content (AvgIpc) is 3.13. The summed E-state index contributed by atoms with van der Waals surface area (Å²) in [5.74, 6) is -1.56. The number of carboxylic acids is 1. The lowest BCUT2D eigenvalue weighted by Crippen LogP contribution is -2.33. The second kappa shape index (κ2) is 9.40. The number of carbonyl (C=O) groups excluding carboxylic acids is 2. The lowest BCUT2D eigenvalue weighted by molar-refractivity contribution is -0.117. The van der Waals surface area contributed by atoms with Crippen LogP contribution in [0, 0.1) is 0 Å². The average molecular weight is 476 g/mol. The van der Waals surface area contributed by atoms with E-state index in [0.29, 0.717) is 16.7 Å². The van der Waals surface area contributed by atoms with Gasteiger partial charge in [-0.05, 0) is 23.3 Å². The minimum Gasteiger partial charge on any atom is -0.478 e. The Bertz CT molecular complexity index is 1540. The number of nitrogens with one attached hydrogen (secondary N) is 1. The van der Waals surface area contributed by atoms with Crippen molar-refractivity contribution in [2.75, 3.05) is 5.32 Å². The highest BCUT2D eigenvalue weighted by Gasteiger charge is 2.30. The summed E-state index contributed by atoms with van der Waals surface area (Å²) < 4.78 is 0. The number of hydrogen-bond donors (Lipinski definition) is 3. The van der Waals surface area contributed by atoms with E-state index >= 15 is 0 Å². The number of anilines is 1. The molecule has 7 nitrogen and oxygen atoms in total. The van der Waals surface area contributed by atoms with Crippen LogP contribution >= 0.6 is 0 Å². The summed E-state index contributed by atoms with van der Waals surface area (Å²) in [5.41, 5.74) is 11.6. The van der Waals surface area contributed by atoms with E-state index in [1.54, 1.807) is 24.3 Å². The number of aliphatic imine (C=N–C) groups is 1. The van der Waals surface area contributed by atoms with Crippen molar-refractivity contribution in [3.63, 3.8) is 0 Å². The van der Waals surface area contributed by atoms with Gasteiger partial charge in [-0.3, -0.25) is 14.6 Å². The monoisotopic (exact) mass is 475 g/mol. The molecule has 0 fully saturated rings. The van der Waals surface area contributed by atoms with Gasteiger partial charge >= 0.3 is 5.97 Å². The van der Waals surface area contributed by atoms with Crippen LogP contribution in [0.25, 0.3) is 11.1 Å². The van der Waals surface area contributed by atoms with E-state index < -0.39 is 12.1 Å². The molecule has 36 heavy (non-hydrogen) atoms. The van der Waals surface area contributed by atoms with Crippen LogP contribution in [-0.4, -0.2) is 34.6 Å². The van der Waals surface area contributed by atoms with Crippen molar-refractivity contribution in [1.29, 1.82) is 0 Å². The molecule has 0 saturated carbocycles. The van der Waals surface area contributed by atoms with Gasteiger partial charge in [-0.25, -0.2) is 4.79 Å². The Labute approximate surface area is 206 Å². The Balaban J connectivity index is 0.000000149. The van der Waals surface area contributed by atoms with E-state index in [1.165, 1.54) is 6.07 Å². The largest absolute Gasteiger partial charge is 0.478 e. The van der Waals surface area contributed by atoms with Crippen LogP contribution in [0.5, 0.6) is 0 Å². The molecule has 4 aromatic carbocycles. The molecule has 0 radical (unpaired) electrons. The fraction of sp³-hybridized carbons (Fsp3) is 0.0345. The van der Waals surface area contributed by atoms with E-state index in [4.69, 9.17) is 10.8 Å². The maximum absolute atomic E-state index is 12.1. The van der Waals surface area contributed by atoms with Gasteiger partial charge in [0.2, 0.25) is 0 Å². The molecule has 1 atom stereocenters. The number of aromatic carboxylic acids is 1. The number of carbonyl (C=O) groups is 3. The second-order valence-corrected chi connectivity index (χ2v) is 8.23. The van der Waals surface area contributed by atoms with Gasteiger partial charge in [0, 0.05) is 22.3 Å². The van der Waals surface area contributed by atoms with Gasteiger partial charge in [0.1, 0.15) is 0 Å². The molecule has 1 amide bonds. The van der Waals surface area contributed by atoms with Crippen LogP contribution < -0.4 is 11.1 Å². The normalized spacial score (nSPS) is 15.2. The van der Waals surface area contributed by atoms with Crippen LogP contribution in [0.3, 0.4) is 0 Å². The number of amides is 1. The van der Waals surface area contributed by atoms with E-state index in [2.05, 4.69) is 10.3 Å². The molecule has 4 N–H and O–H groups in total. The van der Waals surface area contributed by atoms with Crippen molar-refractivity contribution < 1.29 is 19.5 Å². The van der Waals surface area contributed by atoms with Gasteiger partial charge in [0.25, 0.3) is 5.91 Å². The summed E-state index contributed by atoms with van der Waals surface area (Å²) in [5, 5.41) is 11.9. The van der Waals surface area contributed by atoms with Gasteiger partial charge in [0.05, 0.1) is 17.0 Å². The summed E-state index contributed by atoms with van der Waals surface area (Å²) in [6.07, 6.45) is -0.886. The zero-order valence-electron chi connectivity index (χ0n) is 19.0. The van der Waals surface area contributed by atoms with E-state index in [9.17, 15) is 14.4 Å². The molecule has 0 bridgehead atoms. The molecule has 1 heterocycles. The summed E-state index contributed by atoms with van der Waals surface area (Å²) in [6, 6.07) is 29.4. The fourth-order valence-electron chi connectivity index (χ4n) is 4.35. The number of rotatable bonds is 2. The van der Waals surface area contributed by atoms with Crippen LogP contribution in [0.4, 0.5) is 5.69 Å². The summed E-state index contributed by atoms with van der Waals surface area (Å²) in [6.45, 7) is 0. The predicted molar refractivity (Wildman–Crippen MR) is 137 cm³/mol. The number of ketones is 1. The van der Waals surface area contributed by atoms with Crippen molar-refractivity contribution in [2.24, 2.45) is 10.7 Å². The standard InChI is InChI=1S/C15H13N3O.C14H8O3/c16-14-15(19)17-12-9-5-4-8-11(12)13(18-14)10-6-2-1-3-7-10;15-13-10-5-2-1-4-8(10)9-6-3-7-11(12(9)13)14(16)17/h1-9,14H,16H2,(H,17,19);1-7H,(H,16,17). The third kappa shape index (κ3) is 4.08. The number of nitrogens with zero attached hydrogens (tertiary/aromatic N) is 1. The summed E-state index contributed by atoms with van der Waals surface area (Å²) in [7, 11) is 0. The highest BCUT2D eigenvalue weighted by molar-refractivity contribution is 6.25. The smallest absolute Gasteiger partial charge is 0.336 e. The molecule has 1 aliphatic carbocycles. The molecular weight excluding hydrogens is 454 g/mol. The molecule has 6 rings (SSSR count). The molecule has 0 saturated heterocycles. The fourth-order valence-corrected chi connectivity index (χ4v) is 4.35. The highest BCUT2D eigenvalue weighted by atomic mass is 16.4. The zero-order chi connectivity index (χ0) is 25.2. The van der Waals surface area contributed by atoms with Crippen molar-refractivity contribution in [1.82, 2.24) is 0 Å². The second-order valence-electron chi connectivity index (χ2n) is 8.23. The lowest BCUT2D eigenvalue weighted by atomic mass is 10.0. The van der Waals surface area contributed by atoms with Crippen molar-refractivity contribution >= 4 is 29.1 Å². The Morgan fingerprint density at radius 3 is 2.08 bits per heavy atom. The molecule has 0 spiro atoms. The van der Waals surface area contributed by atoms with E-state index in [0.717, 1.165) is 28.1 Å². The maximum Gasteiger partial charge on any atom is 0.336 e. The van der Waals surface area contributed by atoms with Crippen molar-refractivity contribution in [3.8, 4) is 11.1 Å². The number of benzene rings is 4. The minimum absolute atomic E-state index is 0.0729. The minimum atomic E-state index is -1.07. The number of benzodiazepines with no additional fused rings is 1. The number of para-hydroxylation sites is 1. The molecule has 1 unspecified atom stereocenters. The van der Waals surface area contributed by atoms with Crippen LogP contribution in [0.2, 0.25) is 0 Å². The van der Waals surface area contributed by atoms with Crippen LogP contribution in [0.15, 0.2) is 102 Å². The number of hydrogen-bond acceptors (Lipinski definition) is 5. The molecule has 1 aliphatic heterocycles. The third-order valence-corrected chi connectivity index (χ3v) is 6.01. The maximum atomic E-state index is 12.1. The topological polar surface area (TPSA) is 122 Å². The molecule has 7 heteroatoms. The molecule has 176 valence electrons. The Hall–Kier alpha value is -4.88. The van der Waals surface area contributed by atoms with Crippen LogP contribution in [0.1, 0.15) is 37.4 Å². The molecule has 2 aliphatic rings. The first-order valence-corrected chi connectivity index (χ1v) is 11.2. The van der Waals surface area contributed by atoms with Crippen molar-refractivity contribution in [2.45, 2.75) is 6.17 Å². The van der Waals surface area contributed by atoms with Gasteiger partial charge < -0.3 is 16.2 Å². The first-order chi connectivity index (χ1) is 17.5. The highest BCUT2D eigenvalue weighted by Crippen LogP contribution is 2.37. The third-order valence-electron chi connectivity index (χ3n) is 6.01. The number of carboxylic acid groups (broad SMARTS) is 1. The van der Waals surface area contributed by atoms with Gasteiger partial charge in [-0.1, -0.05) is 84.9 Å².